The first-order valence-corrected chi connectivity index (χ1v) is 18.1. The number of aromatic nitrogens is 1. The van der Waals surface area contributed by atoms with Gasteiger partial charge in [0, 0.05) is 24.1 Å². The molecular formula is C39H63NO2. The molecule has 1 aliphatic heterocycles. The lowest BCUT2D eigenvalue weighted by atomic mass is 10.0. The SMILES string of the molecule is CCCCCCCCCCCC[C@H]1CO[C@H](CCc2ccc(-c3ccc(CCCCCCCCCC)cc3)nc2)OC1. The van der Waals surface area contributed by atoms with Crippen LogP contribution in [0.25, 0.3) is 11.3 Å². The summed E-state index contributed by atoms with van der Waals surface area (Å²) in [6.45, 7) is 6.29. The first-order valence-electron chi connectivity index (χ1n) is 18.1. The number of nitrogens with zero attached hydrogens (tertiary/aromatic N) is 1. The Morgan fingerprint density at radius 3 is 1.62 bits per heavy atom. The highest BCUT2D eigenvalue weighted by atomic mass is 16.7. The molecule has 0 saturated carbocycles. The van der Waals surface area contributed by atoms with E-state index in [0.29, 0.717) is 5.92 Å². The van der Waals surface area contributed by atoms with E-state index in [2.05, 4.69) is 50.2 Å². The van der Waals surface area contributed by atoms with E-state index in [4.69, 9.17) is 14.5 Å². The van der Waals surface area contributed by atoms with E-state index in [9.17, 15) is 0 Å². The van der Waals surface area contributed by atoms with Gasteiger partial charge in [0.05, 0.1) is 18.9 Å². The van der Waals surface area contributed by atoms with Gasteiger partial charge in [-0.3, -0.25) is 4.98 Å². The van der Waals surface area contributed by atoms with E-state index in [1.54, 1.807) is 0 Å². The van der Waals surface area contributed by atoms with E-state index in [1.165, 1.54) is 145 Å². The van der Waals surface area contributed by atoms with Gasteiger partial charge < -0.3 is 9.47 Å². The van der Waals surface area contributed by atoms with Gasteiger partial charge in [0.15, 0.2) is 6.29 Å². The molecule has 3 heteroatoms. The number of hydrogen-bond donors (Lipinski definition) is 0. The van der Waals surface area contributed by atoms with Crippen molar-refractivity contribution >= 4 is 0 Å². The number of hydrogen-bond acceptors (Lipinski definition) is 3. The molecule has 1 aliphatic rings. The van der Waals surface area contributed by atoms with Crippen LogP contribution in [0.4, 0.5) is 0 Å². The summed E-state index contributed by atoms with van der Waals surface area (Å²) >= 11 is 0. The maximum absolute atomic E-state index is 6.08. The number of ether oxygens (including phenoxy) is 2. The molecule has 1 saturated heterocycles. The molecule has 42 heavy (non-hydrogen) atoms. The first-order chi connectivity index (χ1) is 20.8. The summed E-state index contributed by atoms with van der Waals surface area (Å²) < 4.78 is 12.2. The van der Waals surface area contributed by atoms with Crippen molar-refractivity contribution in [3.05, 3.63) is 53.7 Å². The minimum Gasteiger partial charge on any atom is -0.352 e. The standard InChI is InChI=1S/C39H63NO2/c1-3-5-7-9-11-13-14-16-18-20-22-36-32-41-39(42-33-36)30-26-35-25-29-38(40-31-35)37-27-23-34(24-28-37)21-19-17-15-12-10-8-6-4-2/h23-25,27-29,31,36,39H,3-22,26,30,32-33H2,1-2H3/t36-,39-. The molecule has 0 aliphatic carbocycles. The van der Waals surface area contributed by atoms with Gasteiger partial charge in [-0.2, -0.15) is 0 Å². The van der Waals surface area contributed by atoms with Crippen LogP contribution in [0, 0.1) is 5.92 Å². The van der Waals surface area contributed by atoms with Crippen molar-refractivity contribution in [3.8, 4) is 11.3 Å². The summed E-state index contributed by atoms with van der Waals surface area (Å²) in [4.78, 5) is 4.77. The molecule has 2 heterocycles. The molecule has 0 N–H and O–H groups in total. The van der Waals surface area contributed by atoms with Crippen molar-refractivity contribution in [2.75, 3.05) is 13.2 Å². The van der Waals surface area contributed by atoms with Gasteiger partial charge in [-0.15, -0.1) is 0 Å². The molecule has 0 spiro atoms. The predicted octanol–water partition coefficient (Wildman–Crippen LogP) is 11.7. The molecule has 0 unspecified atom stereocenters. The lowest BCUT2D eigenvalue weighted by Crippen LogP contribution is -2.32. The maximum atomic E-state index is 6.08. The van der Waals surface area contributed by atoms with Crippen LogP contribution in [0.3, 0.4) is 0 Å². The number of unbranched alkanes of at least 4 members (excludes halogenated alkanes) is 16. The highest BCUT2D eigenvalue weighted by molar-refractivity contribution is 5.59. The monoisotopic (exact) mass is 577 g/mol. The van der Waals surface area contributed by atoms with Gasteiger partial charge in [0.1, 0.15) is 0 Å². The normalized spacial score (nSPS) is 17.1. The Hall–Kier alpha value is -1.71. The van der Waals surface area contributed by atoms with Crippen molar-refractivity contribution in [2.24, 2.45) is 5.92 Å². The molecule has 3 rings (SSSR count). The van der Waals surface area contributed by atoms with Crippen molar-refractivity contribution in [1.82, 2.24) is 4.98 Å². The van der Waals surface area contributed by atoms with Gasteiger partial charge in [-0.25, -0.2) is 0 Å². The molecule has 1 aromatic carbocycles. The van der Waals surface area contributed by atoms with Crippen LogP contribution in [-0.2, 0) is 22.3 Å². The van der Waals surface area contributed by atoms with Crippen molar-refractivity contribution in [2.45, 2.75) is 161 Å². The molecule has 0 atom stereocenters. The summed E-state index contributed by atoms with van der Waals surface area (Å²) in [6, 6.07) is 13.4. The van der Waals surface area contributed by atoms with Crippen LogP contribution in [-0.4, -0.2) is 24.5 Å². The number of aryl methyl sites for hydroxylation is 2. The summed E-state index contributed by atoms with van der Waals surface area (Å²) in [5.74, 6) is 0.572. The molecule has 0 radical (unpaired) electrons. The van der Waals surface area contributed by atoms with Crippen LogP contribution in [0.2, 0.25) is 0 Å². The van der Waals surface area contributed by atoms with E-state index < -0.39 is 0 Å². The van der Waals surface area contributed by atoms with Crippen LogP contribution < -0.4 is 0 Å². The van der Waals surface area contributed by atoms with Crippen LogP contribution in [0.5, 0.6) is 0 Å². The summed E-state index contributed by atoms with van der Waals surface area (Å²) in [6.07, 6.45) is 31.2. The largest absolute Gasteiger partial charge is 0.352 e. The second-order valence-electron chi connectivity index (χ2n) is 12.9. The molecule has 1 fully saturated rings. The fourth-order valence-corrected chi connectivity index (χ4v) is 6.17. The third-order valence-corrected chi connectivity index (χ3v) is 9.06. The lowest BCUT2D eigenvalue weighted by Gasteiger charge is -2.29. The average Bonchev–Trinajstić information content (AvgIpc) is 3.03. The summed E-state index contributed by atoms with van der Waals surface area (Å²) in [7, 11) is 0. The van der Waals surface area contributed by atoms with Crippen LogP contribution >= 0.6 is 0 Å². The first kappa shape index (κ1) is 34.8. The minimum absolute atomic E-state index is 0.0674. The molecule has 236 valence electrons. The zero-order valence-corrected chi connectivity index (χ0v) is 27.4. The van der Waals surface area contributed by atoms with Crippen molar-refractivity contribution in [3.63, 3.8) is 0 Å². The molecule has 3 nitrogen and oxygen atoms in total. The van der Waals surface area contributed by atoms with Crippen LogP contribution in [0.1, 0.15) is 153 Å². The topological polar surface area (TPSA) is 31.4 Å². The Bertz CT molecular complexity index is 886. The molecule has 0 amide bonds. The smallest absolute Gasteiger partial charge is 0.157 e. The molecule has 1 aromatic heterocycles. The highest BCUT2D eigenvalue weighted by Crippen LogP contribution is 2.23. The Balaban J connectivity index is 1.22. The van der Waals surface area contributed by atoms with E-state index in [1.807, 2.05) is 6.20 Å². The van der Waals surface area contributed by atoms with Crippen molar-refractivity contribution in [1.29, 1.82) is 0 Å². The minimum atomic E-state index is -0.0674. The fourth-order valence-electron chi connectivity index (χ4n) is 6.17. The number of benzene rings is 1. The average molecular weight is 578 g/mol. The summed E-state index contributed by atoms with van der Waals surface area (Å²) in [5, 5.41) is 0. The number of rotatable bonds is 24. The van der Waals surface area contributed by atoms with Gasteiger partial charge >= 0.3 is 0 Å². The Morgan fingerprint density at radius 1 is 0.548 bits per heavy atom. The predicted molar refractivity (Wildman–Crippen MR) is 180 cm³/mol. The Kier molecular flexibility index (Phi) is 18.9. The molecule has 2 aromatic rings. The van der Waals surface area contributed by atoms with Gasteiger partial charge in [-0.05, 0) is 42.9 Å². The maximum Gasteiger partial charge on any atom is 0.157 e. The second-order valence-corrected chi connectivity index (χ2v) is 12.9. The van der Waals surface area contributed by atoms with E-state index >= 15 is 0 Å². The third kappa shape index (κ3) is 15.1. The lowest BCUT2D eigenvalue weighted by molar-refractivity contribution is -0.203. The van der Waals surface area contributed by atoms with Gasteiger partial charge in [-0.1, -0.05) is 153 Å². The van der Waals surface area contributed by atoms with Gasteiger partial charge in [0.2, 0.25) is 0 Å². The quantitative estimate of drug-likeness (QED) is 0.116. The summed E-state index contributed by atoms with van der Waals surface area (Å²) in [5.41, 5.74) is 4.95. The zero-order valence-electron chi connectivity index (χ0n) is 27.4. The van der Waals surface area contributed by atoms with E-state index in [-0.39, 0.29) is 6.29 Å². The van der Waals surface area contributed by atoms with Crippen molar-refractivity contribution < 1.29 is 9.47 Å². The highest BCUT2D eigenvalue weighted by Gasteiger charge is 2.21. The molecular weight excluding hydrogens is 514 g/mol. The second kappa shape index (κ2) is 22.8. The van der Waals surface area contributed by atoms with Gasteiger partial charge in [0.25, 0.3) is 0 Å². The molecule has 0 bridgehead atoms. The zero-order chi connectivity index (χ0) is 29.5. The fraction of sp³-hybridized carbons (Fsp3) is 0.718. The Labute approximate surface area is 259 Å². The van der Waals surface area contributed by atoms with Crippen LogP contribution in [0.15, 0.2) is 42.6 Å². The van der Waals surface area contributed by atoms with E-state index in [0.717, 1.165) is 31.7 Å². The number of pyridine rings is 1. The Morgan fingerprint density at radius 2 is 1.07 bits per heavy atom. The third-order valence-electron chi connectivity index (χ3n) is 9.06.